The monoisotopic (exact) mass is 532 g/mol. The lowest BCUT2D eigenvalue weighted by Gasteiger charge is -2.28. The molecule has 0 radical (unpaired) electrons. The van der Waals surface area contributed by atoms with Crippen molar-refractivity contribution in [2.24, 2.45) is 7.05 Å². The number of carboxylic acids is 2. The van der Waals surface area contributed by atoms with Crippen molar-refractivity contribution in [1.82, 2.24) is 9.55 Å². The molecule has 16 nitrogen and oxygen atoms in total. The molecule has 37 heavy (non-hydrogen) atoms. The van der Waals surface area contributed by atoms with Gasteiger partial charge >= 0.3 is 30.2 Å². The molecule has 1 rings (SSSR count). The lowest BCUT2D eigenvalue weighted by molar-refractivity contribution is -0.870. The third kappa shape index (κ3) is 10.4. The summed E-state index contributed by atoms with van der Waals surface area (Å²) < 4.78 is 21.4. The number of likely N-dealkylation sites (N-methyl/N-ethyl adjacent to an activating group) is 1. The second-order valence-electron chi connectivity index (χ2n) is 9.07. The average Bonchev–Trinajstić information content (AvgIpc) is 3.05. The van der Waals surface area contributed by atoms with Crippen molar-refractivity contribution in [2.45, 2.75) is 44.2 Å². The van der Waals surface area contributed by atoms with Crippen molar-refractivity contribution in [3.05, 3.63) is 6.20 Å². The van der Waals surface area contributed by atoms with Crippen molar-refractivity contribution >= 4 is 35.8 Å². The zero-order valence-corrected chi connectivity index (χ0v) is 21.2. The van der Waals surface area contributed by atoms with E-state index in [-0.39, 0.29) is 24.9 Å². The molecule has 3 atom stereocenters. The van der Waals surface area contributed by atoms with Crippen LogP contribution in [0, 0.1) is 0 Å². The Hall–Kier alpha value is -3.76. The van der Waals surface area contributed by atoms with Crippen LogP contribution in [-0.4, -0.2) is 106 Å². The summed E-state index contributed by atoms with van der Waals surface area (Å²) in [4.78, 5) is 63.5. The molecule has 16 heteroatoms. The number of carbonyl (C=O) groups excluding carboxylic acids is 4. The Bertz CT molecular complexity index is 983. The molecule has 0 spiro atoms. The zero-order chi connectivity index (χ0) is 28.6. The van der Waals surface area contributed by atoms with Crippen LogP contribution in [0.5, 0.6) is 5.88 Å². The molecule has 208 valence electrons. The molecule has 3 unspecified atom stereocenters. The Labute approximate surface area is 212 Å². The second kappa shape index (κ2) is 13.0. The molecule has 0 fully saturated rings. The summed E-state index contributed by atoms with van der Waals surface area (Å²) in [5, 5.41) is 31.1. The van der Waals surface area contributed by atoms with Gasteiger partial charge in [0.1, 0.15) is 18.8 Å². The Morgan fingerprint density at radius 2 is 1.76 bits per heavy atom. The van der Waals surface area contributed by atoms with Crippen molar-refractivity contribution in [3.63, 3.8) is 0 Å². The maximum atomic E-state index is 12.4. The van der Waals surface area contributed by atoms with E-state index < -0.39 is 60.7 Å². The van der Waals surface area contributed by atoms with Crippen molar-refractivity contribution in [3.8, 4) is 5.88 Å². The second-order valence-corrected chi connectivity index (χ2v) is 9.07. The number of carboxylic acid groups (broad SMARTS) is 2. The number of aliphatic carboxylic acids is 2. The molecule has 0 bridgehead atoms. The van der Waals surface area contributed by atoms with Gasteiger partial charge in [0.2, 0.25) is 11.8 Å². The fraction of sp³-hybridized carbons (Fsp3) is 0.619. The van der Waals surface area contributed by atoms with Gasteiger partial charge < -0.3 is 53.8 Å². The number of aliphatic hydroxyl groups is 1. The first-order chi connectivity index (χ1) is 17.0. The highest BCUT2D eigenvalue weighted by Crippen LogP contribution is 2.20. The molecule has 0 saturated heterocycles. The van der Waals surface area contributed by atoms with E-state index in [1.807, 2.05) is 0 Å². The number of nitrogens with two attached hydrogens (primary N) is 1. The number of hydrogen-bond donors (Lipinski definition) is 3. The molecule has 4 N–H and O–H groups in total. The van der Waals surface area contributed by atoms with E-state index in [9.17, 15) is 34.2 Å². The lowest BCUT2D eigenvalue weighted by atomic mass is 9.96. The number of anilines is 1. The van der Waals surface area contributed by atoms with Crippen LogP contribution in [0.25, 0.3) is 0 Å². The predicted molar refractivity (Wildman–Crippen MR) is 119 cm³/mol. The Morgan fingerprint density at radius 3 is 2.22 bits per heavy atom. The van der Waals surface area contributed by atoms with Crippen LogP contribution in [0.3, 0.4) is 0 Å². The number of nitrogen functional groups attached to an aromatic ring is 1. The van der Waals surface area contributed by atoms with Gasteiger partial charge in [-0.15, -0.1) is 0 Å². The molecule has 0 aliphatic heterocycles. The highest BCUT2D eigenvalue weighted by Gasteiger charge is 2.39. The first-order valence-corrected chi connectivity index (χ1v) is 11.0. The largest absolute Gasteiger partial charge is 0.547 e. The van der Waals surface area contributed by atoms with E-state index in [0.29, 0.717) is 11.0 Å². The fourth-order valence-electron chi connectivity index (χ4n) is 2.59. The topological polar surface area (TPSA) is 230 Å². The minimum atomic E-state index is -3.10. The SMILES string of the molecule is CCC(OC(=O)C(OCC[N+](C)(C)C)OC(=O)CC(O)(CC(=O)Oc1cn(C)c(N)n1)C(=O)[O-])C(=O)O. The predicted octanol–water partition coefficient (Wildman–Crippen LogP) is -2.83. The number of nitrogens with zero attached hydrogens (tertiary/aromatic N) is 3. The molecule has 0 aliphatic carbocycles. The number of rotatable bonds is 15. The van der Waals surface area contributed by atoms with Gasteiger partial charge in [-0.1, -0.05) is 6.92 Å². The van der Waals surface area contributed by atoms with E-state index in [4.69, 9.17) is 29.8 Å². The van der Waals surface area contributed by atoms with Crippen LogP contribution in [0.4, 0.5) is 5.95 Å². The summed E-state index contributed by atoms with van der Waals surface area (Å²) in [6.07, 6.45) is -5.14. The van der Waals surface area contributed by atoms with E-state index >= 15 is 0 Å². The molecule has 0 aliphatic rings. The third-order valence-electron chi connectivity index (χ3n) is 4.73. The number of carbonyl (C=O) groups is 5. The van der Waals surface area contributed by atoms with Crippen LogP contribution < -0.4 is 15.6 Å². The molecule has 1 aromatic rings. The molecule has 1 aromatic heterocycles. The number of hydrogen-bond acceptors (Lipinski definition) is 13. The van der Waals surface area contributed by atoms with Gasteiger partial charge in [0, 0.05) is 7.05 Å². The van der Waals surface area contributed by atoms with Gasteiger partial charge in [0.05, 0.1) is 46.2 Å². The molecule has 0 aromatic carbocycles. The highest BCUT2D eigenvalue weighted by atomic mass is 16.7. The average molecular weight is 533 g/mol. The molecule has 0 amide bonds. The maximum absolute atomic E-state index is 12.4. The summed E-state index contributed by atoms with van der Waals surface area (Å²) in [7, 11) is 6.91. The van der Waals surface area contributed by atoms with E-state index in [2.05, 4.69) is 4.98 Å². The molecule has 1 heterocycles. The summed E-state index contributed by atoms with van der Waals surface area (Å²) >= 11 is 0. The van der Waals surface area contributed by atoms with Gasteiger partial charge in [-0.25, -0.2) is 9.59 Å². The van der Waals surface area contributed by atoms with Crippen LogP contribution in [0.2, 0.25) is 0 Å². The third-order valence-corrected chi connectivity index (χ3v) is 4.73. The van der Waals surface area contributed by atoms with Gasteiger partial charge in [-0.2, -0.15) is 4.98 Å². The van der Waals surface area contributed by atoms with E-state index in [1.165, 1.54) is 24.7 Å². The fourth-order valence-corrected chi connectivity index (χ4v) is 2.59. The minimum Gasteiger partial charge on any atom is -0.547 e. The highest BCUT2D eigenvalue weighted by molar-refractivity contribution is 5.89. The van der Waals surface area contributed by atoms with Crippen molar-refractivity contribution in [1.29, 1.82) is 0 Å². The maximum Gasteiger partial charge on any atom is 0.377 e. The minimum absolute atomic E-state index is 0.0158. The normalized spacial score (nSPS) is 14.6. The Morgan fingerprint density at radius 1 is 1.16 bits per heavy atom. The van der Waals surface area contributed by atoms with E-state index in [1.54, 1.807) is 21.1 Å². The van der Waals surface area contributed by atoms with Crippen LogP contribution in [0.15, 0.2) is 6.20 Å². The van der Waals surface area contributed by atoms with Crippen molar-refractivity contribution in [2.75, 3.05) is 40.0 Å². The number of esters is 3. The van der Waals surface area contributed by atoms with Gasteiger partial charge in [0.25, 0.3) is 0 Å². The summed E-state index contributed by atoms with van der Waals surface area (Å²) in [6, 6.07) is 0. The summed E-state index contributed by atoms with van der Waals surface area (Å²) in [5.74, 6) is -8.11. The number of aromatic nitrogens is 2. The van der Waals surface area contributed by atoms with Gasteiger partial charge in [0.15, 0.2) is 6.10 Å². The molecule has 0 saturated carbocycles. The summed E-state index contributed by atoms with van der Waals surface area (Å²) in [5.41, 5.74) is 2.41. The van der Waals surface area contributed by atoms with Crippen molar-refractivity contribution < 1.29 is 62.7 Å². The van der Waals surface area contributed by atoms with Crippen LogP contribution in [-0.2, 0) is 45.2 Å². The van der Waals surface area contributed by atoms with Crippen LogP contribution in [0.1, 0.15) is 26.2 Å². The zero-order valence-electron chi connectivity index (χ0n) is 21.2. The number of quaternary nitrogens is 1. The van der Waals surface area contributed by atoms with Gasteiger partial charge in [-0.05, 0) is 6.42 Å². The first-order valence-electron chi connectivity index (χ1n) is 11.0. The lowest BCUT2D eigenvalue weighted by Crippen LogP contribution is -2.52. The Balaban J connectivity index is 2.95. The first kappa shape index (κ1) is 31.3. The van der Waals surface area contributed by atoms with Crippen LogP contribution >= 0.6 is 0 Å². The molecular weight excluding hydrogens is 500 g/mol. The van der Waals surface area contributed by atoms with Gasteiger partial charge in [-0.3, -0.25) is 9.59 Å². The molecular formula is C21H32N4O12. The number of ether oxygens (including phenoxy) is 4. The standard InChI is InChI=1S/C21H32N4O12/c1-6-12(16(28)29)35-17(30)18(34-8-7-25(3,4)5)37-15(27)10-21(33,19(31)32)9-14(26)36-13-11-24(2)20(22)23-13/h11-12,18,33H,6-10H2,1-5H3,(H3-,22,23,28,29,31,32). The quantitative estimate of drug-likeness (QED) is 0.117. The summed E-state index contributed by atoms with van der Waals surface area (Å²) in [6.45, 7) is 1.61. The smallest absolute Gasteiger partial charge is 0.377 e. The number of imidazole rings is 1. The Kier molecular flexibility index (Phi) is 11.0. The van der Waals surface area contributed by atoms with E-state index in [0.717, 1.165) is 0 Å². The number of aryl methyl sites for hydroxylation is 1.